The van der Waals surface area contributed by atoms with Crippen molar-refractivity contribution in [2.45, 2.75) is 6.42 Å². The van der Waals surface area contributed by atoms with Gasteiger partial charge in [0.05, 0.1) is 5.02 Å². The van der Waals surface area contributed by atoms with Crippen LogP contribution in [0.15, 0.2) is 18.2 Å². The summed E-state index contributed by atoms with van der Waals surface area (Å²) in [6, 6.07) is 4.77. The minimum atomic E-state index is -0.362. The molecule has 0 aliphatic carbocycles. The first-order valence-electron chi connectivity index (χ1n) is 6.82. The maximum Gasteiger partial charge on any atom is 0.276 e. The van der Waals surface area contributed by atoms with Gasteiger partial charge in [0.1, 0.15) is 5.75 Å². The number of nitrogens with zero attached hydrogens (tertiary/aromatic N) is 1. The zero-order valence-corrected chi connectivity index (χ0v) is 15.2. The molecule has 0 unspecified atom stereocenters. The number of halogens is 2. The van der Waals surface area contributed by atoms with Gasteiger partial charge in [0, 0.05) is 32.3 Å². The lowest BCUT2D eigenvalue weighted by atomic mass is 10.3. The molecule has 0 fully saturated rings. The molecule has 0 aromatic heterocycles. The molecule has 0 aliphatic heterocycles. The van der Waals surface area contributed by atoms with E-state index in [2.05, 4.69) is 10.7 Å². The van der Waals surface area contributed by atoms with Crippen LogP contribution in [0.3, 0.4) is 0 Å². The van der Waals surface area contributed by atoms with E-state index >= 15 is 0 Å². The highest BCUT2D eigenvalue weighted by molar-refractivity contribution is 7.80. The quantitative estimate of drug-likeness (QED) is 0.430. The van der Waals surface area contributed by atoms with Gasteiger partial charge in [-0.05, 0) is 36.8 Å². The van der Waals surface area contributed by atoms with Gasteiger partial charge in [-0.3, -0.25) is 15.2 Å². The monoisotopic (exact) mass is 379 g/mol. The van der Waals surface area contributed by atoms with Crippen molar-refractivity contribution in [2.75, 3.05) is 33.9 Å². The van der Waals surface area contributed by atoms with Crippen LogP contribution < -0.4 is 15.5 Å². The lowest BCUT2D eigenvalue weighted by Gasteiger charge is -2.21. The molecular weight excluding hydrogens is 361 g/mol. The summed E-state index contributed by atoms with van der Waals surface area (Å²) in [5, 5.41) is 5.65. The number of hydrogen-bond donors (Lipinski definition) is 2. The van der Waals surface area contributed by atoms with Crippen LogP contribution in [-0.2, 0) is 9.53 Å². The Morgan fingerprint density at radius 2 is 2.13 bits per heavy atom. The predicted octanol–water partition coefficient (Wildman–Crippen LogP) is 2.25. The summed E-state index contributed by atoms with van der Waals surface area (Å²) >= 11 is 16.9. The van der Waals surface area contributed by atoms with Crippen molar-refractivity contribution in [3.63, 3.8) is 0 Å². The van der Waals surface area contributed by atoms with Crippen molar-refractivity contribution in [3.8, 4) is 5.75 Å². The number of thiocarbonyl (C=S) groups is 1. The molecule has 0 aliphatic rings. The minimum absolute atomic E-state index is 0.196. The van der Waals surface area contributed by atoms with Crippen molar-refractivity contribution in [1.29, 1.82) is 0 Å². The van der Waals surface area contributed by atoms with Crippen molar-refractivity contribution < 1.29 is 14.3 Å². The Labute approximate surface area is 151 Å². The van der Waals surface area contributed by atoms with Crippen molar-refractivity contribution in [2.24, 2.45) is 0 Å². The molecule has 1 aromatic rings. The van der Waals surface area contributed by atoms with Gasteiger partial charge < -0.3 is 14.8 Å². The molecule has 2 N–H and O–H groups in total. The second kappa shape index (κ2) is 10.5. The van der Waals surface area contributed by atoms with E-state index in [-0.39, 0.29) is 12.5 Å². The topological polar surface area (TPSA) is 62.8 Å². The molecule has 1 aromatic carbocycles. The highest BCUT2D eigenvalue weighted by Gasteiger charge is 2.10. The number of rotatable bonds is 7. The third-order valence-corrected chi connectivity index (χ3v) is 3.60. The number of carbonyl (C=O) groups excluding carboxylic acids is 1. The fourth-order valence-electron chi connectivity index (χ4n) is 1.54. The van der Waals surface area contributed by atoms with Crippen LogP contribution in [0.1, 0.15) is 6.42 Å². The highest BCUT2D eigenvalue weighted by Crippen LogP contribution is 2.27. The number of amides is 1. The van der Waals surface area contributed by atoms with E-state index in [0.29, 0.717) is 34.1 Å². The summed E-state index contributed by atoms with van der Waals surface area (Å²) in [6.45, 7) is 1.10. The molecule has 0 heterocycles. The van der Waals surface area contributed by atoms with Gasteiger partial charge in [-0.25, -0.2) is 0 Å². The van der Waals surface area contributed by atoms with Gasteiger partial charge in [-0.2, -0.15) is 0 Å². The molecule has 1 amide bonds. The molecule has 1 rings (SSSR count). The SMILES string of the molecule is COCCCNC(=S)N(C)NC(=O)COc1ccc(Cl)cc1Cl. The Morgan fingerprint density at radius 3 is 2.78 bits per heavy atom. The Bertz CT molecular complexity index is 546. The summed E-state index contributed by atoms with van der Waals surface area (Å²) < 4.78 is 10.3. The summed E-state index contributed by atoms with van der Waals surface area (Å²) in [5.74, 6) is 0.0219. The molecule has 6 nitrogen and oxygen atoms in total. The van der Waals surface area contributed by atoms with Gasteiger partial charge in [0.15, 0.2) is 11.7 Å². The number of benzene rings is 1. The van der Waals surface area contributed by atoms with Crippen molar-refractivity contribution in [3.05, 3.63) is 28.2 Å². The van der Waals surface area contributed by atoms with Crippen molar-refractivity contribution in [1.82, 2.24) is 15.8 Å². The highest BCUT2D eigenvalue weighted by atomic mass is 35.5. The van der Waals surface area contributed by atoms with E-state index in [9.17, 15) is 4.79 Å². The van der Waals surface area contributed by atoms with Crippen LogP contribution >= 0.6 is 35.4 Å². The first kappa shape index (κ1) is 19.8. The van der Waals surface area contributed by atoms with Crippen LogP contribution in [0.4, 0.5) is 0 Å². The number of nitrogens with one attached hydrogen (secondary N) is 2. The Kier molecular flexibility index (Phi) is 9.01. The molecule has 128 valence electrons. The summed E-state index contributed by atoms with van der Waals surface area (Å²) in [4.78, 5) is 11.8. The molecule has 0 saturated heterocycles. The van der Waals surface area contributed by atoms with E-state index in [1.165, 1.54) is 5.01 Å². The van der Waals surface area contributed by atoms with Crippen LogP contribution in [0.5, 0.6) is 5.75 Å². The lowest BCUT2D eigenvalue weighted by molar-refractivity contribution is -0.126. The summed E-state index contributed by atoms with van der Waals surface area (Å²) in [7, 11) is 3.27. The number of methoxy groups -OCH3 is 1. The fourth-order valence-corrected chi connectivity index (χ4v) is 2.15. The largest absolute Gasteiger partial charge is 0.482 e. The Morgan fingerprint density at radius 1 is 1.39 bits per heavy atom. The standard InChI is InChI=1S/C14H19Cl2N3O3S/c1-19(14(23)17-6-3-7-21-2)18-13(20)9-22-12-5-4-10(15)8-11(12)16/h4-5,8H,3,6-7,9H2,1-2H3,(H,17,23)(H,18,20). The molecule has 0 atom stereocenters. The molecule has 9 heteroatoms. The van der Waals surface area contributed by atoms with E-state index in [1.54, 1.807) is 32.4 Å². The third-order valence-electron chi connectivity index (χ3n) is 2.65. The van der Waals surface area contributed by atoms with E-state index in [4.69, 9.17) is 44.9 Å². The third kappa shape index (κ3) is 7.69. The van der Waals surface area contributed by atoms with Crippen LogP contribution in [-0.4, -0.2) is 49.9 Å². The fraction of sp³-hybridized carbons (Fsp3) is 0.429. The molecule has 0 spiro atoms. The van der Waals surface area contributed by atoms with E-state index in [1.807, 2.05) is 0 Å². The van der Waals surface area contributed by atoms with Gasteiger partial charge in [-0.15, -0.1) is 0 Å². The zero-order valence-electron chi connectivity index (χ0n) is 12.9. The molecule has 0 bridgehead atoms. The van der Waals surface area contributed by atoms with Crippen LogP contribution in [0, 0.1) is 0 Å². The second-order valence-electron chi connectivity index (χ2n) is 4.54. The minimum Gasteiger partial charge on any atom is -0.482 e. The Hall–Kier alpha value is -1.28. The van der Waals surface area contributed by atoms with Crippen LogP contribution in [0.2, 0.25) is 10.0 Å². The van der Waals surface area contributed by atoms with Gasteiger partial charge in [-0.1, -0.05) is 23.2 Å². The lowest BCUT2D eigenvalue weighted by Crippen LogP contribution is -2.49. The predicted molar refractivity (Wildman–Crippen MR) is 95.0 cm³/mol. The maximum absolute atomic E-state index is 11.8. The average Bonchev–Trinajstić information content (AvgIpc) is 2.50. The maximum atomic E-state index is 11.8. The molecule has 0 radical (unpaired) electrons. The first-order chi connectivity index (χ1) is 10.9. The number of ether oxygens (including phenoxy) is 2. The number of hydrogen-bond acceptors (Lipinski definition) is 4. The zero-order chi connectivity index (χ0) is 17.2. The number of carbonyl (C=O) groups is 1. The number of hydrazine groups is 1. The van der Waals surface area contributed by atoms with E-state index in [0.717, 1.165) is 6.42 Å². The van der Waals surface area contributed by atoms with Crippen molar-refractivity contribution >= 4 is 46.4 Å². The van der Waals surface area contributed by atoms with Gasteiger partial charge >= 0.3 is 0 Å². The summed E-state index contributed by atoms with van der Waals surface area (Å²) in [6.07, 6.45) is 0.816. The summed E-state index contributed by atoms with van der Waals surface area (Å²) in [5.41, 5.74) is 2.59. The second-order valence-corrected chi connectivity index (χ2v) is 5.77. The van der Waals surface area contributed by atoms with Crippen LogP contribution in [0.25, 0.3) is 0 Å². The average molecular weight is 380 g/mol. The molecular formula is C14H19Cl2N3O3S. The van der Waals surface area contributed by atoms with Gasteiger partial charge in [0.2, 0.25) is 0 Å². The first-order valence-corrected chi connectivity index (χ1v) is 7.98. The van der Waals surface area contributed by atoms with E-state index < -0.39 is 0 Å². The Balaban J connectivity index is 2.33. The van der Waals surface area contributed by atoms with Gasteiger partial charge in [0.25, 0.3) is 5.91 Å². The smallest absolute Gasteiger partial charge is 0.276 e. The molecule has 0 saturated carbocycles. The molecule has 23 heavy (non-hydrogen) atoms. The normalized spacial score (nSPS) is 10.1.